The Hall–Kier alpha value is -1.90. The molecule has 94 valence electrons. The van der Waals surface area contributed by atoms with Crippen LogP contribution in [0.4, 0.5) is 5.82 Å². The van der Waals surface area contributed by atoms with Gasteiger partial charge in [0.1, 0.15) is 5.82 Å². The van der Waals surface area contributed by atoms with Crippen LogP contribution in [0.2, 0.25) is 0 Å². The van der Waals surface area contributed by atoms with Gasteiger partial charge in [-0.3, -0.25) is 0 Å². The van der Waals surface area contributed by atoms with Crippen LogP contribution in [-0.4, -0.2) is 16.5 Å². The number of nitrogens with zero attached hydrogens (tertiary/aromatic N) is 2. The van der Waals surface area contributed by atoms with Gasteiger partial charge in [-0.15, -0.1) is 0 Å². The van der Waals surface area contributed by atoms with Crippen LogP contribution in [0.1, 0.15) is 25.8 Å². The Bertz CT molecular complexity index is 491. The molecular formula is C15H19N3. The number of hydrogen-bond acceptors (Lipinski definition) is 3. The average Bonchev–Trinajstić information content (AvgIpc) is 2.45. The Labute approximate surface area is 108 Å². The van der Waals surface area contributed by atoms with Crippen LogP contribution in [-0.2, 0) is 6.42 Å². The summed E-state index contributed by atoms with van der Waals surface area (Å²) < 4.78 is 0. The Morgan fingerprint density at radius 2 is 1.83 bits per heavy atom. The number of hydrogen-bond donors (Lipinski definition) is 1. The third kappa shape index (κ3) is 3.06. The highest BCUT2D eigenvalue weighted by molar-refractivity contribution is 5.57. The molecule has 2 aromatic rings. The Morgan fingerprint density at radius 1 is 1.06 bits per heavy atom. The highest BCUT2D eigenvalue weighted by atomic mass is 15.0. The number of nitrogens with one attached hydrogen (secondary N) is 1. The van der Waals surface area contributed by atoms with Gasteiger partial charge in [0.15, 0.2) is 5.82 Å². The summed E-state index contributed by atoms with van der Waals surface area (Å²) in [4.78, 5) is 8.84. The van der Waals surface area contributed by atoms with E-state index in [1.165, 1.54) is 5.56 Å². The summed E-state index contributed by atoms with van der Waals surface area (Å²) >= 11 is 0. The molecular weight excluding hydrogens is 222 g/mol. The molecule has 0 atom stereocenters. The molecule has 0 saturated carbocycles. The Balaban J connectivity index is 2.20. The predicted octanol–water partition coefficient (Wildman–Crippen LogP) is 3.53. The quantitative estimate of drug-likeness (QED) is 0.870. The van der Waals surface area contributed by atoms with Crippen LogP contribution in [0.3, 0.4) is 0 Å². The third-order valence-electron chi connectivity index (χ3n) is 2.83. The van der Waals surface area contributed by atoms with Crippen LogP contribution in [0.15, 0.2) is 36.5 Å². The molecule has 0 spiro atoms. The summed E-state index contributed by atoms with van der Waals surface area (Å²) in [6, 6.07) is 10.3. The van der Waals surface area contributed by atoms with Crippen LogP contribution in [0, 0.1) is 0 Å². The highest BCUT2D eigenvalue weighted by Crippen LogP contribution is 2.17. The van der Waals surface area contributed by atoms with Crippen molar-refractivity contribution in [1.82, 2.24) is 9.97 Å². The van der Waals surface area contributed by atoms with E-state index in [1.54, 1.807) is 6.20 Å². The van der Waals surface area contributed by atoms with Gasteiger partial charge in [0.2, 0.25) is 0 Å². The van der Waals surface area contributed by atoms with Gasteiger partial charge in [0, 0.05) is 18.3 Å². The maximum Gasteiger partial charge on any atom is 0.161 e. The van der Waals surface area contributed by atoms with E-state index in [2.05, 4.69) is 53.4 Å². The lowest BCUT2D eigenvalue weighted by Gasteiger charge is -2.06. The summed E-state index contributed by atoms with van der Waals surface area (Å²) in [6.07, 6.45) is 3.94. The fraction of sp³-hybridized carbons (Fsp3) is 0.333. The van der Waals surface area contributed by atoms with Gasteiger partial charge in [-0.25, -0.2) is 9.97 Å². The summed E-state index contributed by atoms with van der Waals surface area (Å²) in [7, 11) is 0. The molecule has 1 aromatic heterocycles. The van der Waals surface area contributed by atoms with Crippen LogP contribution in [0.25, 0.3) is 11.4 Å². The van der Waals surface area contributed by atoms with Crippen molar-refractivity contribution in [2.24, 2.45) is 0 Å². The van der Waals surface area contributed by atoms with Crippen LogP contribution >= 0.6 is 0 Å². The van der Waals surface area contributed by atoms with Crippen LogP contribution in [0.5, 0.6) is 0 Å². The molecule has 0 fully saturated rings. The fourth-order valence-electron chi connectivity index (χ4n) is 1.74. The molecule has 2 rings (SSSR count). The van der Waals surface area contributed by atoms with Crippen molar-refractivity contribution in [1.29, 1.82) is 0 Å². The van der Waals surface area contributed by atoms with Gasteiger partial charge in [0.05, 0.1) is 0 Å². The molecule has 18 heavy (non-hydrogen) atoms. The molecule has 0 amide bonds. The standard InChI is InChI=1S/C15H19N3/c1-3-10-16-14-9-11-17-15(18-14)13-7-5-12(4-2)6-8-13/h5-9,11H,3-4,10H2,1-2H3,(H,16,17,18). The molecule has 0 radical (unpaired) electrons. The first-order valence-corrected chi connectivity index (χ1v) is 6.49. The molecule has 3 heteroatoms. The van der Waals surface area contributed by atoms with Gasteiger partial charge in [-0.2, -0.15) is 0 Å². The number of benzene rings is 1. The Morgan fingerprint density at radius 3 is 2.50 bits per heavy atom. The van der Waals surface area contributed by atoms with Crippen molar-refractivity contribution in [3.63, 3.8) is 0 Å². The molecule has 0 unspecified atom stereocenters. The van der Waals surface area contributed by atoms with Crippen molar-refractivity contribution in [3.05, 3.63) is 42.1 Å². The van der Waals surface area contributed by atoms with Gasteiger partial charge in [-0.05, 0) is 24.5 Å². The molecule has 0 aliphatic rings. The summed E-state index contributed by atoms with van der Waals surface area (Å²) in [5.74, 6) is 1.67. The largest absolute Gasteiger partial charge is 0.370 e. The zero-order valence-electron chi connectivity index (χ0n) is 11.0. The number of anilines is 1. The second kappa shape index (κ2) is 6.15. The van der Waals surface area contributed by atoms with Crippen LogP contribution < -0.4 is 5.32 Å². The van der Waals surface area contributed by atoms with Gasteiger partial charge < -0.3 is 5.32 Å². The average molecular weight is 241 g/mol. The molecule has 0 aliphatic carbocycles. The summed E-state index contributed by atoms with van der Waals surface area (Å²) in [6.45, 7) is 5.23. The SMILES string of the molecule is CCCNc1ccnc(-c2ccc(CC)cc2)n1. The van der Waals surface area contributed by atoms with Gasteiger partial charge in [-0.1, -0.05) is 38.1 Å². The first kappa shape index (κ1) is 12.6. The zero-order valence-corrected chi connectivity index (χ0v) is 11.0. The molecule has 3 nitrogen and oxygen atoms in total. The molecule has 1 aromatic carbocycles. The van der Waals surface area contributed by atoms with Gasteiger partial charge in [0.25, 0.3) is 0 Å². The lowest BCUT2D eigenvalue weighted by atomic mass is 10.1. The lowest BCUT2D eigenvalue weighted by Crippen LogP contribution is -2.03. The maximum atomic E-state index is 4.51. The molecule has 0 bridgehead atoms. The zero-order chi connectivity index (χ0) is 12.8. The molecule has 0 aliphatic heterocycles. The van der Waals surface area contributed by atoms with Crippen molar-refractivity contribution >= 4 is 5.82 Å². The van der Waals surface area contributed by atoms with E-state index in [4.69, 9.17) is 0 Å². The molecule has 0 saturated heterocycles. The minimum atomic E-state index is 0.777. The predicted molar refractivity (Wildman–Crippen MR) is 75.6 cm³/mol. The van der Waals surface area contributed by atoms with Crippen molar-refractivity contribution < 1.29 is 0 Å². The maximum absolute atomic E-state index is 4.51. The molecule has 1 N–H and O–H groups in total. The van der Waals surface area contributed by atoms with Crippen molar-refractivity contribution in [2.75, 3.05) is 11.9 Å². The number of aryl methyl sites for hydroxylation is 1. The molecule has 1 heterocycles. The smallest absolute Gasteiger partial charge is 0.161 e. The minimum absolute atomic E-state index is 0.777. The van der Waals surface area contributed by atoms with Gasteiger partial charge >= 0.3 is 0 Å². The van der Waals surface area contributed by atoms with E-state index >= 15 is 0 Å². The number of aromatic nitrogens is 2. The van der Waals surface area contributed by atoms with E-state index < -0.39 is 0 Å². The monoisotopic (exact) mass is 241 g/mol. The second-order valence-corrected chi connectivity index (χ2v) is 4.24. The van der Waals surface area contributed by atoms with E-state index in [1.807, 2.05) is 6.07 Å². The third-order valence-corrected chi connectivity index (χ3v) is 2.83. The fourth-order valence-corrected chi connectivity index (χ4v) is 1.74. The topological polar surface area (TPSA) is 37.8 Å². The lowest BCUT2D eigenvalue weighted by molar-refractivity contribution is 0.966. The van der Waals surface area contributed by atoms with E-state index in [-0.39, 0.29) is 0 Å². The second-order valence-electron chi connectivity index (χ2n) is 4.24. The minimum Gasteiger partial charge on any atom is -0.370 e. The van der Waals surface area contributed by atoms with Crippen molar-refractivity contribution in [3.8, 4) is 11.4 Å². The number of rotatable bonds is 5. The van der Waals surface area contributed by atoms with E-state index in [0.29, 0.717) is 0 Å². The summed E-state index contributed by atoms with van der Waals surface area (Å²) in [5, 5.41) is 3.28. The normalized spacial score (nSPS) is 10.3. The first-order chi connectivity index (χ1) is 8.83. The van der Waals surface area contributed by atoms with E-state index in [0.717, 1.165) is 36.6 Å². The summed E-state index contributed by atoms with van der Waals surface area (Å²) in [5.41, 5.74) is 2.39. The van der Waals surface area contributed by atoms with Crippen molar-refractivity contribution in [2.45, 2.75) is 26.7 Å². The highest BCUT2D eigenvalue weighted by Gasteiger charge is 2.02. The Kier molecular flexibility index (Phi) is 4.29. The van der Waals surface area contributed by atoms with E-state index in [9.17, 15) is 0 Å². The first-order valence-electron chi connectivity index (χ1n) is 6.49.